The van der Waals surface area contributed by atoms with Gasteiger partial charge in [0.1, 0.15) is 5.69 Å². The number of rotatable bonds is 6. The van der Waals surface area contributed by atoms with E-state index in [0.29, 0.717) is 35.6 Å². The Hall–Kier alpha value is -3.87. The van der Waals surface area contributed by atoms with Crippen molar-refractivity contribution >= 4 is 22.8 Å². The highest BCUT2D eigenvalue weighted by Gasteiger charge is 2.13. The first-order valence-electron chi connectivity index (χ1n) is 9.42. The molecule has 0 aliphatic heterocycles. The van der Waals surface area contributed by atoms with Crippen molar-refractivity contribution in [3.63, 3.8) is 0 Å². The third-order valence-corrected chi connectivity index (χ3v) is 4.72. The molecule has 0 atom stereocenters. The minimum absolute atomic E-state index is 0.151. The smallest absolute Gasteiger partial charge is 0.286 e. The number of nitrogens with one attached hydrogen (secondary N) is 2. The van der Waals surface area contributed by atoms with Gasteiger partial charge in [0.05, 0.1) is 10.9 Å². The van der Waals surface area contributed by atoms with Crippen LogP contribution in [0.4, 0.5) is 5.95 Å². The maximum Gasteiger partial charge on any atom is 0.286 e. The lowest BCUT2D eigenvalue weighted by atomic mass is 10.2. The summed E-state index contributed by atoms with van der Waals surface area (Å²) < 4.78 is 3.36. The molecule has 0 saturated heterocycles. The molecule has 1 amide bonds. The number of para-hydroxylation sites is 1. The Labute approximate surface area is 167 Å². The molecule has 0 aliphatic carbocycles. The topological polar surface area (TPSA) is 81.0 Å². The molecule has 4 rings (SSSR count). The SMILES string of the molecule is CCn1c(NNC(=O)c2cccn2Cc2ccccc2)nc2ccccc2c1=O. The van der Waals surface area contributed by atoms with Gasteiger partial charge in [0, 0.05) is 19.3 Å². The van der Waals surface area contributed by atoms with Gasteiger partial charge in [-0.1, -0.05) is 42.5 Å². The zero-order valence-corrected chi connectivity index (χ0v) is 16.0. The minimum Gasteiger partial charge on any atom is -0.339 e. The quantitative estimate of drug-likeness (QED) is 0.499. The van der Waals surface area contributed by atoms with Crippen molar-refractivity contribution in [1.29, 1.82) is 0 Å². The molecule has 29 heavy (non-hydrogen) atoms. The van der Waals surface area contributed by atoms with E-state index in [1.807, 2.05) is 60.2 Å². The molecule has 0 unspecified atom stereocenters. The lowest BCUT2D eigenvalue weighted by molar-refractivity contribution is 0.0953. The lowest BCUT2D eigenvalue weighted by Gasteiger charge is -2.15. The normalized spacial score (nSPS) is 10.8. The first-order chi connectivity index (χ1) is 14.2. The second-order valence-electron chi connectivity index (χ2n) is 6.59. The van der Waals surface area contributed by atoms with Gasteiger partial charge < -0.3 is 4.57 Å². The molecule has 7 nitrogen and oxygen atoms in total. The Bertz CT molecular complexity index is 1210. The van der Waals surface area contributed by atoms with E-state index in [1.165, 1.54) is 4.57 Å². The molecule has 2 aromatic carbocycles. The second kappa shape index (κ2) is 8.02. The number of benzene rings is 2. The fraction of sp³-hybridized carbons (Fsp3) is 0.136. The molecule has 7 heteroatoms. The number of aromatic nitrogens is 3. The van der Waals surface area contributed by atoms with Gasteiger partial charge in [0.2, 0.25) is 5.95 Å². The van der Waals surface area contributed by atoms with E-state index in [4.69, 9.17) is 0 Å². The Balaban J connectivity index is 1.55. The zero-order valence-electron chi connectivity index (χ0n) is 16.0. The van der Waals surface area contributed by atoms with E-state index in [9.17, 15) is 9.59 Å². The highest BCUT2D eigenvalue weighted by Crippen LogP contribution is 2.11. The average molecular weight is 387 g/mol. The summed E-state index contributed by atoms with van der Waals surface area (Å²) in [6.07, 6.45) is 1.86. The van der Waals surface area contributed by atoms with Gasteiger partial charge in [-0.15, -0.1) is 0 Å². The van der Waals surface area contributed by atoms with E-state index in [2.05, 4.69) is 15.8 Å². The van der Waals surface area contributed by atoms with Crippen LogP contribution in [0.1, 0.15) is 23.0 Å². The summed E-state index contributed by atoms with van der Waals surface area (Å²) in [4.78, 5) is 29.9. The van der Waals surface area contributed by atoms with Crippen LogP contribution in [-0.2, 0) is 13.1 Å². The minimum atomic E-state index is -0.309. The number of amides is 1. The molecular formula is C22H21N5O2. The first-order valence-corrected chi connectivity index (χ1v) is 9.42. The van der Waals surface area contributed by atoms with E-state index >= 15 is 0 Å². The van der Waals surface area contributed by atoms with Crippen LogP contribution in [0.3, 0.4) is 0 Å². The number of carbonyl (C=O) groups excluding carboxylic acids is 1. The van der Waals surface area contributed by atoms with Crippen LogP contribution < -0.4 is 16.4 Å². The van der Waals surface area contributed by atoms with Gasteiger partial charge in [-0.05, 0) is 36.8 Å². The van der Waals surface area contributed by atoms with Crippen LogP contribution in [-0.4, -0.2) is 20.0 Å². The summed E-state index contributed by atoms with van der Waals surface area (Å²) in [6, 6.07) is 20.6. The van der Waals surface area contributed by atoms with Gasteiger partial charge in [-0.2, -0.15) is 0 Å². The summed E-state index contributed by atoms with van der Waals surface area (Å²) >= 11 is 0. The molecular weight excluding hydrogens is 366 g/mol. The van der Waals surface area contributed by atoms with Crippen molar-refractivity contribution in [2.45, 2.75) is 20.0 Å². The van der Waals surface area contributed by atoms with Crippen LogP contribution in [0.2, 0.25) is 0 Å². The third-order valence-electron chi connectivity index (χ3n) is 4.72. The fourth-order valence-electron chi connectivity index (χ4n) is 3.27. The van der Waals surface area contributed by atoms with Crippen molar-refractivity contribution in [1.82, 2.24) is 19.5 Å². The van der Waals surface area contributed by atoms with Gasteiger partial charge in [-0.25, -0.2) is 4.98 Å². The van der Waals surface area contributed by atoms with E-state index in [-0.39, 0.29) is 11.5 Å². The van der Waals surface area contributed by atoms with Crippen molar-refractivity contribution in [2.75, 3.05) is 5.43 Å². The fourth-order valence-corrected chi connectivity index (χ4v) is 3.27. The highest BCUT2D eigenvalue weighted by atomic mass is 16.2. The van der Waals surface area contributed by atoms with Crippen LogP contribution >= 0.6 is 0 Å². The van der Waals surface area contributed by atoms with Crippen molar-refractivity contribution < 1.29 is 4.79 Å². The number of nitrogens with zero attached hydrogens (tertiary/aromatic N) is 3. The molecule has 0 radical (unpaired) electrons. The summed E-state index contributed by atoms with van der Waals surface area (Å²) in [7, 11) is 0. The molecule has 146 valence electrons. The molecule has 2 heterocycles. The van der Waals surface area contributed by atoms with Gasteiger partial charge in [0.25, 0.3) is 11.5 Å². The molecule has 0 fully saturated rings. The van der Waals surface area contributed by atoms with Crippen LogP contribution in [0, 0.1) is 0 Å². The summed E-state index contributed by atoms with van der Waals surface area (Å²) in [5, 5.41) is 0.544. The predicted octanol–water partition coefficient (Wildman–Crippen LogP) is 3.02. The largest absolute Gasteiger partial charge is 0.339 e. The number of anilines is 1. The number of hydrogen-bond acceptors (Lipinski definition) is 4. The first kappa shape index (κ1) is 18.5. The van der Waals surface area contributed by atoms with Crippen molar-refractivity contribution in [3.05, 3.63) is 94.5 Å². The number of fused-ring (bicyclic) bond motifs is 1. The average Bonchev–Trinajstić information content (AvgIpc) is 3.21. The maximum atomic E-state index is 12.7. The van der Waals surface area contributed by atoms with E-state index < -0.39 is 0 Å². The Morgan fingerprint density at radius 1 is 1.00 bits per heavy atom. The van der Waals surface area contributed by atoms with E-state index in [1.54, 1.807) is 24.3 Å². The predicted molar refractivity (Wildman–Crippen MR) is 113 cm³/mol. The van der Waals surface area contributed by atoms with Gasteiger partial charge in [-0.3, -0.25) is 25.0 Å². The summed E-state index contributed by atoms with van der Waals surface area (Å²) in [5.74, 6) is -0.0123. The standard InChI is InChI=1S/C22H21N5O2/c1-2-27-21(29)17-11-6-7-12-18(17)23-22(27)25-24-20(28)19-13-8-14-26(19)15-16-9-4-3-5-10-16/h3-14H,2,15H2,1H3,(H,23,25)(H,24,28). The number of hydrazine groups is 1. The molecule has 2 aromatic heterocycles. The molecule has 0 aliphatic rings. The Morgan fingerprint density at radius 3 is 2.55 bits per heavy atom. The van der Waals surface area contributed by atoms with Crippen molar-refractivity contribution in [2.24, 2.45) is 0 Å². The maximum absolute atomic E-state index is 12.7. The van der Waals surface area contributed by atoms with Crippen LogP contribution in [0.15, 0.2) is 77.7 Å². The van der Waals surface area contributed by atoms with Crippen molar-refractivity contribution in [3.8, 4) is 0 Å². The lowest BCUT2D eigenvalue weighted by Crippen LogP contribution is -2.35. The van der Waals surface area contributed by atoms with Crippen LogP contribution in [0.5, 0.6) is 0 Å². The summed E-state index contributed by atoms with van der Waals surface area (Å²) in [5.41, 5.74) is 7.51. The van der Waals surface area contributed by atoms with Gasteiger partial charge in [0.15, 0.2) is 0 Å². The Morgan fingerprint density at radius 2 is 1.76 bits per heavy atom. The number of hydrogen-bond donors (Lipinski definition) is 2. The second-order valence-corrected chi connectivity index (χ2v) is 6.59. The van der Waals surface area contributed by atoms with Crippen LogP contribution in [0.25, 0.3) is 10.9 Å². The molecule has 0 bridgehead atoms. The van der Waals surface area contributed by atoms with E-state index in [0.717, 1.165) is 5.56 Å². The highest BCUT2D eigenvalue weighted by molar-refractivity contribution is 5.93. The van der Waals surface area contributed by atoms with Gasteiger partial charge >= 0.3 is 0 Å². The molecule has 0 spiro atoms. The number of carbonyl (C=O) groups is 1. The Kier molecular flexibility index (Phi) is 5.11. The monoisotopic (exact) mass is 387 g/mol. The molecule has 4 aromatic rings. The molecule has 2 N–H and O–H groups in total. The zero-order chi connectivity index (χ0) is 20.2. The molecule has 0 saturated carbocycles. The summed E-state index contributed by atoms with van der Waals surface area (Å²) in [6.45, 7) is 2.87. The third kappa shape index (κ3) is 3.75.